The highest BCUT2D eigenvalue weighted by Crippen LogP contribution is 2.23. The van der Waals surface area contributed by atoms with Gasteiger partial charge in [-0.2, -0.15) is 0 Å². The van der Waals surface area contributed by atoms with E-state index in [4.69, 9.17) is 17.3 Å². The van der Waals surface area contributed by atoms with Crippen molar-refractivity contribution in [2.24, 2.45) is 5.73 Å². The summed E-state index contributed by atoms with van der Waals surface area (Å²) >= 11 is 6.03. The number of H-pyrrole nitrogens is 1. The third kappa shape index (κ3) is 2.60. The fourth-order valence-electron chi connectivity index (χ4n) is 1.59. The summed E-state index contributed by atoms with van der Waals surface area (Å²) in [6, 6.07) is 7.19. The van der Waals surface area contributed by atoms with Gasteiger partial charge in [0.05, 0.1) is 0 Å². The van der Waals surface area contributed by atoms with Crippen molar-refractivity contribution in [2.45, 2.75) is 13.0 Å². The minimum absolute atomic E-state index is 0.0630. The maximum absolute atomic E-state index is 11.8. The lowest BCUT2D eigenvalue weighted by atomic mass is 10.2. The first-order chi connectivity index (χ1) is 8.08. The van der Waals surface area contributed by atoms with Crippen LogP contribution in [-0.4, -0.2) is 23.5 Å². The summed E-state index contributed by atoms with van der Waals surface area (Å²) in [6.45, 7) is 2.28. The normalized spacial score (nSPS) is 12.6. The Bertz CT molecular complexity index is 548. The summed E-state index contributed by atoms with van der Waals surface area (Å²) in [5.41, 5.74) is 6.92. The van der Waals surface area contributed by atoms with Gasteiger partial charge in [0.1, 0.15) is 5.69 Å². The minimum atomic E-state index is -0.172. The highest BCUT2D eigenvalue weighted by molar-refractivity contribution is 6.35. The molecule has 0 aliphatic heterocycles. The second-order valence-corrected chi connectivity index (χ2v) is 4.48. The zero-order valence-electron chi connectivity index (χ0n) is 9.46. The van der Waals surface area contributed by atoms with E-state index in [9.17, 15) is 4.79 Å². The average Bonchev–Trinajstić information content (AvgIpc) is 2.71. The van der Waals surface area contributed by atoms with Crippen LogP contribution in [0.2, 0.25) is 5.02 Å². The molecule has 0 spiro atoms. The van der Waals surface area contributed by atoms with Crippen LogP contribution in [0, 0.1) is 0 Å². The highest BCUT2D eigenvalue weighted by Gasteiger charge is 2.10. The number of aromatic nitrogens is 1. The second kappa shape index (κ2) is 4.77. The summed E-state index contributed by atoms with van der Waals surface area (Å²) in [4.78, 5) is 14.8. The monoisotopic (exact) mass is 251 g/mol. The SMILES string of the molecule is CC(N)CNC(=O)c1cc2c(Cl)cccc2[nH]1. The largest absolute Gasteiger partial charge is 0.350 e. The molecule has 4 N–H and O–H groups in total. The van der Waals surface area contributed by atoms with Crippen LogP contribution in [0.15, 0.2) is 24.3 Å². The summed E-state index contributed by atoms with van der Waals surface area (Å²) in [6.07, 6.45) is 0. The van der Waals surface area contributed by atoms with E-state index < -0.39 is 0 Å². The maximum atomic E-state index is 11.8. The smallest absolute Gasteiger partial charge is 0.267 e. The third-order valence-corrected chi connectivity index (χ3v) is 2.77. The molecule has 1 amide bonds. The molecular formula is C12H14ClN3O. The Kier molecular flexibility index (Phi) is 3.36. The molecular weight excluding hydrogens is 238 g/mol. The Morgan fingerprint density at radius 1 is 1.59 bits per heavy atom. The van der Waals surface area contributed by atoms with Crippen molar-refractivity contribution in [3.63, 3.8) is 0 Å². The first-order valence-corrected chi connectivity index (χ1v) is 5.76. The standard InChI is InChI=1S/C12H14ClN3O/c1-7(14)6-15-12(17)11-5-8-9(13)3-2-4-10(8)16-11/h2-5,7,16H,6,14H2,1H3,(H,15,17). The summed E-state index contributed by atoms with van der Waals surface area (Å²) in [7, 11) is 0. The van der Waals surface area contributed by atoms with Gasteiger partial charge in [0, 0.05) is 28.5 Å². The van der Waals surface area contributed by atoms with Crippen LogP contribution in [0.3, 0.4) is 0 Å². The van der Waals surface area contributed by atoms with Crippen LogP contribution in [0.5, 0.6) is 0 Å². The van der Waals surface area contributed by atoms with Gasteiger partial charge in [0.15, 0.2) is 0 Å². The van der Waals surface area contributed by atoms with Gasteiger partial charge in [-0.15, -0.1) is 0 Å². The zero-order valence-corrected chi connectivity index (χ0v) is 10.2. The van der Waals surface area contributed by atoms with Crippen LogP contribution >= 0.6 is 11.6 Å². The molecule has 0 fully saturated rings. The van der Waals surface area contributed by atoms with Crippen LogP contribution in [0.25, 0.3) is 10.9 Å². The van der Waals surface area contributed by atoms with E-state index in [1.807, 2.05) is 19.1 Å². The molecule has 0 radical (unpaired) electrons. The van der Waals surface area contributed by atoms with E-state index >= 15 is 0 Å². The number of carbonyl (C=O) groups excluding carboxylic acids is 1. The Morgan fingerprint density at radius 3 is 3.00 bits per heavy atom. The molecule has 1 heterocycles. The molecule has 17 heavy (non-hydrogen) atoms. The lowest BCUT2D eigenvalue weighted by Crippen LogP contribution is -2.35. The molecule has 0 bridgehead atoms. The number of carbonyl (C=O) groups is 1. The third-order valence-electron chi connectivity index (χ3n) is 2.44. The van der Waals surface area contributed by atoms with Crippen molar-refractivity contribution in [1.29, 1.82) is 0 Å². The summed E-state index contributed by atoms with van der Waals surface area (Å²) in [5.74, 6) is -0.172. The van der Waals surface area contributed by atoms with Crippen molar-refractivity contribution in [1.82, 2.24) is 10.3 Å². The van der Waals surface area contributed by atoms with Gasteiger partial charge < -0.3 is 16.0 Å². The van der Waals surface area contributed by atoms with Crippen molar-refractivity contribution in [3.8, 4) is 0 Å². The lowest BCUT2D eigenvalue weighted by Gasteiger charge is -2.05. The van der Waals surface area contributed by atoms with E-state index in [0.717, 1.165) is 10.9 Å². The number of fused-ring (bicyclic) bond motifs is 1. The number of hydrogen-bond acceptors (Lipinski definition) is 2. The van der Waals surface area contributed by atoms with E-state index in [0.29, 0.717) is 17.3 Å². The second-order valence-electron chi connectivity index (χ2n) is 4.07. The lowest BCUT2D eigenvalue weighted by molar-refractivity contribution is 0.0947. The van der Waals surface area contributed by atoms with E-state index in [1.54, 1.807) is 12.1 Å². The Balaban J connectivity index is 2.24. The van der Waals surface area contributed by atoms with Gasteiger partial charge in [-0.3, -0.25) is 4.79 Å². The van der Waals surface area contributed by atoms with Crippen LogP contribution in [0.4, 0.5) is 0 Å². The minimum Gasteiger partial charge on any atom is -0.350 e. The molecule has 0 aliphatic rings. The van der Waals surface area contributed by atoms with Gasteiger partial charge >= 0.3 is 0 Å². The molecule has 4 nitrogen and oxygen atoms in total. The van der Waals surface area contributed by atoms with Crippen molar-refractivity contribution >= 4 is 28.4 Å². The number of nitrogens with two attached hydrogens (primary N) is 1. The molecule has 2 aromatic rings. The Morgan fingerprint density at radius 2 is 2.35 bits per heavy atom. The topological polar surface area (TPSA) is 70.9 Å². The molecule has 0 saturated heterocycles. The molecule has 1 unspecified atom stereocenters. The van der Waals surface area contributed by atoms with Crippen molar-refractivity contribution in [2.75, 3.05) is 6.54 Å². The number of nitrogens with one attached hydrogen (secondary N) is 2. The first-order valence-electron chi connectivity index (χ1n) is 5.39. The van der Waals surface area contributed by atoms with E-state index in [-0.39, 0.29) is 11.9 Å². The van der Waals surface area contributed by atoms with E-state index in [2.05, 4.69) is 10.3 Å². The van der Waals surface area contributed by atoms with Crippen LogP contribution in [0.1, 0.15) is 17.4 Å². The number of amides is 1. The van der Waals surface area contributed by atoms with Gasteiger partial charge in [-0.1, -0.05) is 17.7 Å². The fraction of sp³-hybridized carbons (Fsp3) is 0.250. The predicted molar refractivity (Wildman–Crippen MR) is 69.3 cm³/mol. The van der Waals surface area contributed by atoms with Crippen LogP contribution in [-0.2, 0) is 0 Å². The zero-order chi connectivity index (χ0) is 12.4. The number of rotatable bonds is 3. The molecule has 5 heteroatoms. The quantitative estimate of drug-likeness (QED) is 0.780. The van der Waals surface area contributed by atoms with Crippen molar-refractivity contribution < 1.29 is 4.79 Å². The predicted octanol–water partition coefficient (Wildman–Crippen LogP) is 1.90. The van der Waals surface area contributed by atoms with Gasteiger partial charge in [0.25, 0.3) is 5.91 Å². The number of hydrogen-bond donors (Lipinski definition) is 3. The van der Waals surface area contributed by atoms with Crippen molar-refractivity contribution in [3.05, 3.63) is 35.0 Å². The highest BCUT2D eigenvalue weighted by atomic mass is 35.5. The average molecular weight is 252 g/mol. The molecule has 0 saturated carbocycles. The van der Waals surface area contributed by atoms with Gasteiger partial charge in [-0.25, -0.2) is 0 Å². The van der Waals surface area contributed by atoms with E-state index in [1.165, 1.54) is 0 Å². The molecule has 90 valence electrons. The maximum Gasteiger partial charge on any atom is 0.267 e. The Labute approximate surface area is 104 Å². The molecule has 0 aliphatic carbocycles. The summed E-state index contributed by atoms with van der Waals surface area (Å²) in [5, 5.41) is 4.22. The van der Waals surface area contributed by atoms with Gasteiger partial charge in [0.2, 0.25) is 0 Å². The first kappa shape index (κ1) is 12.0. The molecule has 1 atom stereocenters. The molecule has 1 aromatic carbocycles. The molecule has 1 aromatic heterocycles. The van der Waals surface area contributed by atoms with Crippen LogP contribution < -0.4 is 11.1 Å². The number of benzene rings is 1. The van der Waals surface area contributed by atoms with Gasteiger partial charge in [-0.05, 0) is 25.1 Å². The number of halogens is 1. The fourth-order valence-corrected chi connectivity index (χ4v) is 1.82. The Hall–Kier alpha value is -1.52. The summed E-state index contributed by atoms with van der Waals surface area (Å²) < 4.78 is 0. The number of aromatic amines is 1. The molecule has 2 rings (SSSR count).